The maximum Gasteiger partial charge on any atom is 0.141 e. The molecule has 0 spiro atoms. The van der Waals surface area contributed by atoms with Crippen molar-refractivity contribution in [1.82, 2.24) is 9.78 Å². The van der Waals surface area contributed by atoms with Crippen LogP contribution in [0.2, 0.25) is 0 Å². The predicted molar refractivity (Wildman–Crippen MR) is 77.7 cm³/mol. The molecule has 3 rings (SSSR count). The van der Waals surface area contributed by atoms with E-state index in [1.165, 1.54) is 0 Å². The molecule has 4 nitrogen and oxygen atoms in total. The van der Waals surface area contributed by atoms with Crippen molar-refractivity contribution in [2.24, 2.45) is 0 Å². The monoisotopic (exact) mass is 272 g/mol. The lowest BCUT2D eigenvalue weighted by molar-refractivity contribution is -0.120. The summed E-state index contributed by atoms with van der Waals surface area (Å²) >= 11 is 0. The number of carbonyl (C=O) groups is 1. The van der Waals surface area contributed by atoms with E-state index in [0.717, 1.165) is 42.6 Å². The Bertz CT molecular complexity index is 612. The molecule has 1 unspecified atom stereocenters. The SMILES string of the molecule is CCn1nc(CC(=O)CC2CCCO2)c2ccccc21. The summed E-state index contributed by atoms with van der Waals surface area (Å²) in [7, 11) is 0. The van der Waals surface area contributed by atoms with Gasteiger partial charge in [-0.15, -0.1) is 0 Å². The number of benzene rings is 1. The first-order valence-corrected chi connectivity index (χ1v) is 7.35. The maximum atomic E-state index is 12.2. The lowest BCUT2D eigenvalue weighted by Crippen LogP contribution is -2.14. The Hall–Kier alpha value is -1.68. The van der Waals surface area contributed by atoms with Crippen LogP contribution in [0, 0.1) is 0 Å². The minimum absolute atomic E-state index is 0.127. The van der Waals surface area contributed by atoms with Crippen LogP contribution in [-0.2, 0) is 22.5 Å². The first-order valence-electron chi connectivity index (χ1n) is 7.35. The summed E-state index contributed by atoms with van der Waals surface area (Å²) in [4.78, 5) is 12.2. The molecule has 1 aliphatic heterocycles. The third kappa shape index (κ3) is 2.61. The Kier molecular flexibility index (Phi) is 3.83. The molecule has 0 radical (unpaired) electrons. The molecule has 4 heteroatoms. The van der Waals surface area contributed by atoms with E-state index in [0.29, 0.717) is 12.8 Å². The Labute approximate surface area is 118 Å². The van der Waals surface area contributed by atoms with Crippen molar-refractivity contribution in [3.05, 3.63) is 30.0 Å². The van der Waals surface area contributed by atoms with E-state index in [1.54, 1.807) is 0 Å². The van der Waals surface area contributed by atoms with Crippen molar-refractivity contribution in [3.8, 4) is 0 Å². The smallest absolute Gasteiger partial charge is 0.141 e. The van der Waals surface area contributed by atoms with E-state index >= 15 is 0 Å². The van der Waals surface area contributed by atoms with Gasteiger partial charge in [0, 0.05) is 25.0 Å². The van der Waals surface area contributed by atoms with Crippen molar-refractivity contribution in [1.29, 1.82) is 0 Å². The standard InChI is InChI=1S/C16H20N2O2/c1-2-18-16-8-4-3-7-14(16)15(17-18)11-12(19)10-13-6-5-9-20-13/h3-4,7-8,13H,2,5-6,9-11H2,1H3. The van der Waals surface area contributed by atoms with Crippen molar-refractivity contribution in [3.63, 3.8) is 0 Å². The summed E-state index contributed by atoms with van der Waals surface area (Å²) in [5.41, 5.74) is 2.00. The largest absolute Gasteiger partial charge is 0.378 e. The number of carbonyl (C=O) groups excluding carboxylic acids is 1. The van der Waals surface area contributed by atoms with Crippen molar-refractivity contribution < 1.29 is 9.53 Å². The third-order valence-corrected chi connectivity index (χ3v) is 3.88. The molecular formula is C16H20N2O2. The number of fused-ring (bicyclic) bond motifs is 1. The molecule has 1 saturated heterocycles. The van der Waals surface area contributed by atoms with E-state index in [1.807, 2.05) is 22.9 Å². The lowest BCUT2D eigenvalue weighted by atomic mass is 10.0. The quantitative estimate of drug-likeness (QED) is 0.840. The van der Waals surface area contributed by atoms with Gasteiger partial charge in [0.1, 0.15) is 5.78 Å². The highest BCUT2D eigenvalue weighted by molar-refractivity contribution is 5.88. The molecule has 2 heterocycles. The van der Waals surface area contributed by atoms with Crippen molar-refractivity contribution in [2.45, 2.75) is 45.3 Å². The van der Waals surface area contributed by atoms with Crippen LogP contribution in [0.15, 0.2) is 24.3 Å². The lowest BCUT2D eigenvalue weighted by Gasteiger charge is -2.07. The number of ketones is 1. The molecule has 20 heavy (non-hydrogen) atoms. The number of Topliss-reactive ketones (excluding diaryl/α,β-unsaturated/α-hetero) is 1. The van der Waals surface area contributed by atoms with Gasteiger partial charge in [-0.25, -0.2) is 0 Å². The average molecular weight is 272 g/mol. The zero-order chi connectivity index (χ0) is 13.9. The minimum atomic E-state index is 0.127. The fraction of sp³-hybridized carbons (Fsp3) is 0.500. The van der Waals surface area contributed by atoms with Crippen LogP contribution in [0.4, 0.5) is 0 Å². The number of para-hydroxylation sites is 1. The van der Waals surface area contributed by atoms with E-state index < -0.39 is 0 Å². The molecule has 106 valence electrons. The van der Waals surface area contributed by atoms with Gasteiger partial charge in [-0.3, -0.25) is 9.48 Å². The van der Waals surface area contributed by atoms with Gasteiger partial charge < -0.3 is 4.74 Å². The van der Waals surface area contributed by atoms with Gasteiger partial charge in [0.15, 0.2) is 0 Å². The molecule has 2 aromatic rings. The van der Waals surface area contributed by atoms with Gasteiger partial charge >= 0.3 is 0 Å². The number of aryl methyl sites for hydroxylation is 1. The Balaban J connectivity index is 1.78. The zero-order valence-electron chi connectivity index (χ0n) is 11.8. The summed E-state index contributed by atoms with van der Waals surface area (Å²) in [6.07, 6.45) is 3.14. The normalized spacial score (nSPS) is 18.8. The van der Waals surface area contributed by atoms with E-state index in [2.05, 4.69) is 18.1 Å². The number of hydrogen-bond acceptors (Lipinski definition) is 3. The summed E-state index contributed by atoms with van der Waals surface area (Å²) in [5, 5.41) is 5.67. The van der Waals surface area contributed by atoms with Gasteiger partial charge in [-0.2, -0.15) is 5.10 Å². The average Bonchev–Trinajstić information content (AvgIpc) is 3.07. The van der Waals surface area contributed by atoms with E-state index in [4.69, 9.17) is 4.74 Å². The number of aromatic nitrogens is 2. The summed E-state index contributed by atoms with van der Waals surface area (Å²) < 4.78 is 7.49. The van der Waals surface area contributed by atoms with Crippen LogP contribution in [0.3, 0.4) is 0 Å². The number of ether oxygens (including phenoxy) is 1. The Morgan fingerprint density at radius 3 is 3.05 bits per heavy atom. The third-order valence-electron chi connectivity index (χ3n) is 3.88. The van der Waals surface area contributed by atoms with Crippen LogP contribution in [0.25, 0.3) is 10.9 Å². The highest BCUT2D eigenvalue weighted by Crippen LogP contribution is 2.21. The van der Waals surface area contributed by atoms with Crippen molar-refractivity contribution in [2.75, 3.05) is 6.61 Å². The zero-order valence-corrected chi connectivity index (χ0v) is 11.8. The minimum Gasteiger partial charge on any atom is -0.378 e. The van der Waals surface area contributed by atoms with Gasteiger partial charge in [0.05, 0.1) is 23.7 Å². The van der Waals surface area contributed by atoms with Crippen molar-refractivity contribution >= 4 is 16.7 Å². The molecule has 0 amide bonds. The summed E-state index contributed by atoms with van der Waals surface area (Å²) in [5.74, 6) is 0.225. The summed E-state index contributed by atoms with van der Waals surface area (Å²) in [6.45, 7) is 3.68. The van der Waals surface area contributed by atoms with Gasteiger partial charge in [-0.1, -0.05) is 18.2 Å². The second-order valence-corrected chi connectivity index (χ2v) is 5.33. The topological polar surface area (TPSA) is 44.1 Å². The van der Waals surface area contributed by atoms with Crippen LogP contribution >= 0.6 is 0 Å². The molecule has 0 aliphatic carbocycles. The van der Waals surface area contributed by atoms with Gasteiger partial charge in [-0.05, 0) is 25.8 Å². The molecule has 1 aromatic carbocycles. The van der Waals surface area contributed by atoms with Gasteiger partial charge in [0.25, 0.3) is 0 Å². The molecular weight excluding hydrogens is 252 g/mol. The van der Waals surface area contributed by atoms with Crippen LogP contribution in [0.1, 0.15) is 31.9 Å². The molecule has 0 bridgehead atoms. The fourth-order valence-corrected chi connectivity index (χ4v) is 2.89. The molecule has 1 aromatic heterocycles. The second-order valence-electron chi connectivity index (χ2n) is 5.33. The highest BCUT2D eigenvalue weighted by atomic mass is 16.5. The second kappa shape index (κ2) is 5.75. The fourth-order valence-electron chi connectivity index (χ4n) is 2.89. The molecule has 1 aliphatic rings. The number of rotatable bonds is 5. The maximum absolute atomic E-state index is 12.2. The molecule has 0 N–H and O–H groups in total. The highest BCUT2D eigenvalue weighted by Gasteiger charge is 2.20. The molecule has 0 saturated carbocycles. The summed E-state index contributed by atoms with van der Waals surface area (Å²) in [6, 6.07) is 8.11. The molecule has 1 atom stereocenters. The first-order chi connectivity index (χ1) is 9.78. The van der Waals surface area contributed by atoms with Crippen LogP contribution in [0.5, 0.6) is 0 Å². The number of hydrogen-bond donors (Lipinski definition) is 0. The first kappa shape index (κ1) is 13.3. The van der Waals surface area contributed by atoms with E-state index in [9.17, 15) is 4.79 Å². The predicted octanol–water partition coefficient (Wildman–Crippen LogP) is 2.74. The number of nitrogens with zero attached hydrogens (tertiary/aromatic N) is 2. The van der Waals surface area contributed by atoms with Crippen LogP contribution in [-0.4, -0.2) is 28.3 Å². The Morgan fingerprint density at radius 2 is 2.30 bits per heavy atom. The van der Waals surface area contributed by atoms with Gasteiger partial charge in [0.2, 0.25) is 0 Å². The Morgan fingerprint density at radius 1 is 1.45 bits per heavy atom. The van der Waals surface area contributed by atoms with Crippen LogP contribution < -0.4 is 0 Å². The van der Waals surface area contributed by atoms with E-state index in [-0.39, 0.29) is 11.9 Å². The molecule has 1 fully saturated rings.